The van der Waals surface area contributed by atoms with Crippen molar-refractivity contribution in [2.24, 2.45) is 0 Å². The Hall–Kier alpha value is -2.73. The van der Waals surface area contributed by atoms with Crippen LogP contribution in [0.5, 0.6) is 0 Å². The Bertz CT molecular complexity index is 1440. The quantitative estimate of drug-likeness (QED) is 0.460. The lowest BCUT2D eigenvalue weighted by molar-refractivity contribution is 0.143. The zero-order valence-electron chi connectivity index (χ0n) is 16.8. The van der Waals surface area contributed by atoms with Crippen LogP contribution in [0.3, 0.4) is 0 Å². The van der Waals surface area contributed by atoms with Crippen molar-refractivity contribution < 1.29 is 8.42 Å². The number of rotatable bonds is 4. The summed E-state index contributed by atoms with van der Waals surface area (Å²) in [6.07, 6.45) is 0. The van der Waals surface area contributed by atoms with Crippen LogP contribution in [0.4, 0.5) is 0 Å². The SMILES string of the molecule is Cc1nn(CN2CCN(S(=O)(=O)c3cccc4nsnc34)CC2)c(=O)c2ccccc12. The number of piperazine rings is 1. The summed E-state index contributed by atoms with van der Waals surface area (Å²) in [4.78, 5) is 15.0. The molecule has 1 aliphatic heterocycles. The fraction of sp³-hybridized carbons (Fsp3) is 0.300. The van der Waals surface area contributed by atoms with Crippen molar-refractivity contribution in [2.45, 2.75) is 18.5 Å². The van der Waals surface area contributed by atoms with Crippen LogP contribution in [-0.2, 0) is 16.7 Å². The summed E-state index contributed by atoms with van der Waals surface area (Å²) in [6.45, 7) is 3.88. The van der Waals surface area contributed by atoms with E-state index in [4.69, 9.17) is 0 Å². The molecule has 160 valence electrons. The number of nitrogens with zero attached hydrogens (tertiary/aromatic N) is 6. The van der Waals surface area contributed by atoms with Gasteiger partial charge in [0.15, 0.2) is 0 Å². The number of sulfonamides is 1. The first kappa shape index (κ1) is 20.2. The Morgan fingerprint density at radius 2 is 1.71 bits per heavy atom. The largest absolute Gasteiger partial charge is 0.282 e. The molecule has 0 N–H and O–H groups in total. The van der Waals surface area contributed by atoms with E-state index in [0.29, 0.717) is 49.3 Å². The minimum Gasteiger partial charge on any atom is -0.282 e. The van der Waals surface area contributed by atoms with Gasteiger partial charge >= 0.3 is 0 Å². The predicted octanol–water partition coefficient (Wildman–Crippen LogP) is 1.67. The molecule has 9 nitrogen and oxygen atoms in total. The van der Waals surface area contributed by atoms with Crippen LogP contribution < -0.4 is 5.56 Å². The van der Waals surface area contributed by atoms with Crippen LogP contribution in [0.25, 0.3) is 21.8 Å². The van der Waals surface area contributed by atoms with Crippen LogP contribution in [0, 0.1) is 6.92 Å². The van der Waals surface area contributed by atoms with Gasteiger partial charge in [-0.3, -0.25) is 9.69 Å². The molecule has 2 aromatic heterocycles. The Morgan fingerprint density at radius 3 is 2.48 bits per heavy atom. The van der Waals surface area contributed by atoms with Crippen molar-refractivity contribution >= 4 is 43.6 Å². The van der Waals surface area contributed by atoms with E-state index in [2.05, 4.69) is 13.8 Å². The monoisotopic (exact) mass is 456 g/mol. The van der Waals surface area contributed by atoms with Gasteiger partial charge in [-0.2, -0.15) is 18.2 Å². The first-order valence-corrected chi connectivity index (χ1v) is 12.0. The molecule has 11 heteroatoms. The number of hydrogen-bond acceptors (Lipinski definition) is 8. The minimum atomic E-state index is -3.67. The average Bonchev–Trinajstić information content (AvgIpc) is 3.26. The van der Waals surface area contributed by atoms with Crippen LogP contribution in [-0.4, -0.2) is 62.3 Å². The van der Waals surface area contributed by atoms with Crippen LogP contribution >= 0.6 is 11.7 Å². The van der Waals surface area contributed by atoms with E-state index in [1.807, 2.05) is 30.0 Å². The van der Waals surface area contributed by atoms with Crippen molar-refractivity contribution in [2.75, 3.05) is 26.2 Å². The molecule has 0 bridgehead atoms. The summed E-state index contributed by atoms with van der Waals surface area (Å²) < 4.78 is 37.6. The van der Waals surface area contributed by atoms with Crippen molar-refractivity contribution in [3.05, 3.63) is 58.5 Å². The lowest BCUT2D eigenvalue weighted by Crippen LogP contribution is -2.49. The normalized spacial score (nSPS) is 16.3. The molecule has 31 heavy (non-hydrogen) atoms. The van der Waals surface area contributed by atoms with Gasteiger partial charge in [0.05, 0.1) is 29.5 Å². The second-order valence-electron chi connectivity index (χ2n) is 7.49. The Labute approximate surface area is 182 Å². The summed E-state index contributed by atoms with van der Waals surface area (Å²) in [5.41, 5.74) is 1.65. The van der Waals surface area contributed by atoms with Crippen molar-refractivity contribution in [1.82, 2.24) is 27.7 Å². The molecule has 1 fully saturated rings. The van der Waals surface area contributed by atoms with Gasteiger partial charge in [0.1, 0.15) is 15.9 Å². The van der Waals surface area contributed by atoms with Gasteiger partial charge in [0.25, 0.3) is 5.56 Å². The molecule has 0 saturated carbocycles. The molecule has 0 atom stereocenters. The number of benzene rings is 2. The van der Waals surface area contributed by atoms with E-state index < -0.39 is 10.0 Å². The van der Waals surface area contributed by atoms with Gasteiger partial charge in [-0.1, -0.05) is 24.3 Å². The highest BCUT2D eigenvalue weighted by molar-refractivity contribution is 7.89. The summed E-state index contributed by atoms with van der Waals surface area (Å²) in [5, 5.41) is 5.95. The van der Waals surface area contributed by atoms with Gasteiger partial charge < -0.3 is 0 Å². The third-order valence-corrected chi connectivity index (χ3v) is 8.06. The van der Waals surface area contributed by atoms with Gasteiger partial charge in [-0.15, -0.1) is 0 Å². The maximum atomic E-state index is 13.2. The molecular formula is C20H20N6O3S2. The van der Waals surface area contributed by atoms with Gasteiger partial charge in [-0.25, -0.2) is 13.1 Å². The van der Waals surface area contributed by atoms with Gasteiger partial charge in [0.2, 0.25) is 10.0 Å². The number of fused-ring (bicyclic) bond motifs is 2. The lowest BCUT2D eigenvalue weighted by atomic mass is 10.1. The molecule has 1 saturated heterocycles. The molecular weight excluding hydrogens is 436 g/mol. The molecule has 0 amide bonds. The van der Waals surface area contributed by atoms with Crippen molar-refractivity contribution in [1.29, 1.82) is 0 Å². The molecule has 0 spiro atoms. The highest BCUT2D eigenvalue weighted by atomic mass is 32.2. The maximum Gasteiger partial charge on any atom is 0.275 e. The van der Waals surface area contributed by atoms with E-state index in [-0.39, 0.29) is 10.5 Å². The second-order valence-corrected chi connectivity index (χ2v) is 9.92. The summed E-state index contributed by atoms with van der Waals surface area (Å²) >= 11 is 1.00. The van der Waals surface area contributed by atoms with Crippen LogP contribution in [0.2, 0.25) is 0 Å². The van der Waals surface area contributed by atoms with E-state index >= 15 is 0 Å². The third kappa shape index (κ3) is 3.53. The van der Waals surface area contributed by atoms with Gasteiger partial charge in [0, 0.05) is 31.6 Å². The fourth-order valence-electron chi connectivity index (χ4n) is 3.93. The van der Waals surface area contributed by atoms with E-state index in [9.17, 15) is 13.2 Å². The van der Waals surface area contributed by atoms with Crippen LogP contribution in [0.1, 0.15) is 5.69 Å². The van der Waals surface area contributed by atoms with Crippen molar-refractivity contribution in [3.63, 3.8) is 0 Å². The highest BCUT2D eigenvalue weighted by Crippen LogP contribution is 2.25. The topological polar surface area (TPSA) is 101 Å². The fourth-order valence-corrected chi connectivity index (χ4v) is 6.10. The summed E-state index contributed by atoms with van der Waals surface area (Å²) in [5.74, 6) is 0. The lowest BCUT2D eigenvalue weighted by Gasteiger charge is -2.33. The third-order valence-electron chi connectivity index (χ3n) is 5.58. The Balaban J connectivity index is 1.34. The molecule has 1 aliphatic rings. The molecule has 3 heterocycles. The number of aryl methyl sites for hydroxylation is 1. The molecule has 2 aromatic carbocycles. The number of hydrogen-bond donors (Lipinski definition) is 0. The summed E-state index contributed by atoms with van der Waals surface area (Å²) in [6, 6.07) is 12.5. The standard InChI is InChI=1S/C20H20N6O3S2/c1-14-15-5-2-3-6-16(15)20(27)26(21-14)13-24-9-11-25(12-10-24)31(28,29)18-8-4-7-17-19(18)23-30-22-17/h2-8H,9-13H2,1H3. The second kappa shape index (κ2) is 7.75. The van der Waals surface area contributed by atoms with Gasteiger partial charge in [-0.05, 0) is 25.1 Å². The van der Waals surface area contributed by atoms with Crippen LogP contribution in [0.15, 0.2) is 52.2 Å². The average molecular weight is 457 g/mol. The van der Waals surface area contributed by atoms with E-state index in [0.717, 1.165) is 22.8 Å². The molecule has 0 aliphatic carbocycles. The maximum absolute atomic E-state index is 13.2. The zero-order valence-corrected chi connectivity index (χ0v) is 18.4. The smallest absolute Gasteiger partial charge is 0.275 e. The first-order chi connectivity index (χ1) is 14.9. The van der Waals surface area contributed by atoms with E-state index in [1.54, 1.807) is 24.3 Å². The van der Waals surface area contributed by atoms with Crippen molar-refractivity contribution in [3.8, 4) is 0 Å². The Morgan fingerprint density at radius 1 is 0.968 bits per heavy atom. The minimum absolute atomic E-state index is 0.140. The number of aromatic nitrogens is 4. The Kier molecular flexibility index (Phi) is 5.05. The first-order valence-electron chi connectivity index (χ1n) is 9.85. The molecule has 5 rings (SSSR count). The molecule has 0 radical (unpaired) electrons. The predicted molar refractivity (Wildman–Crippen MR) is 118 cm³/mol. The summed E-state index contributed by atoms with van der Waals surface area (Å²) in [7, 11) is -3.67. The highest BCUT2D eigenvalue weighted by Gasteiger charge is 2.31. The molecule has 4 aromatic rings. The zero-order chi connectivity index (χ0) is 21.6. The van der Waals surface area contributed by atoms with E-state index in [1.165, 1.54) is 8.99 Å². The molecule has 0 unspecified atom stereocenters.